The van der Waals surface area contributed by atoms with Gasteiger partial charge in [-0.05, 0) is 24.6 Å². The van der Waals surface area contributed by atoms with E-state index in [2.05, 4.69) is 5.32 Å². The van der Waals surface area contributed by atoms with Gasteiger partial charge in [-0.1, -0.05) is 12.1 Å². The lowest BCUT2D eigenvalue weighted by atomic mass is 10.1. The highest BCUT2D eigenvalue weighted by Gasteiger charge is 2.14. The van der Waals surface area contributed by atoms with Crippen LogP contribution in [0.5, 0.6) is 0 Å². The predicted octanol–water partition coefficient (Wildman–Crippen LogP) is 0.146. The fourth-order valence-electron chi connectivity index (χ4n) is 1.88. The minimum Gasteiger partial charge on any atom is -0.387 e. The van der Waals surface area contributed by atoms with Crippen molar-refractivity contribution in [1.82, 2.24) is 5.32 Å². The van der Waals surface area contributed by atoms with E-state index in [4.69, 9.17) is 0 Å². The molecule has 6 nitrogen and oxygen atoms in total. The van der Waals surface area contributed by atoms with Crippen LogP contribution in [0, 0.1) is 0 Å². The Morgan fingerprint density at radius 2 is 1.62 bits per heavy atom. The monoisotopic (exact) mass is 335 g/mol. The molecule has 1 rings (SSSR count). The number of aliphatic hydroxyl groups excluding tert-OH is 1. The summed E-state index contributed by atoms with van der Waals surface area (Å²) >= 11 is 0. The number of hydrogen-bond acceptors (Lipinski definition) is 6. The van der Waals surface area contributed by atoms with Crippen LogP contribution in [-0.2, 0) is 19.7 Å². The Balaban J connectivity index is 2.62. The lowest BCUT2D eigenvalue weighted by molar-refractivity contribution is 0.171. The summed E-state index contributed by atoms with van der Waals surface area (Å²) in [7, 11) is -6.32. The van der Waals surface area contributed by atoms with Crippen LogP contribution in [0.3, 0.4) is 0 Å². The number of hydrogen-bond donors (Lipinski definition) is 2. The Labute approximate surface area is 126 Å². The van der Waals surface area contributed by atoms with Crippen molar-refractivity contribution in [3.8, 4) is 0 Å². The van der Waals surface area contributed by atoms with Gasteiger partial charge in [0.05, 0.1) is 16.8 Å². The Hall–Kier alpha value is -0.960. The topological polar surface area (TPSA) is 101 Å². The van der Waals surface area contributed by atoms with Gasteiger partial charge in [0.1, 0.15) is 9.84 Å². The molecule has 0 saturated carbocycles. The van der Waals surface area contributed by atoms with Crippen LogP contribution in [-0.4, -0.2) is 52.8 Å². The number of benzene rings is 1. The maximum Gasteiger partial charge on any atom is 0.175 e. The first kappa shape index (κ1) is 18.1. The molecule has 0 aliphatic carbocycles. The van der Waals surface area contributed by atoms with Crippen molar-refractivity contribution in [3.05, 3.63) is 29.8 Å². The highest BCUT2D eigenvalue weighted by Crippen LogP contribution is 2.16. The van der Waals surface area contributed by atoms with E-state index in [1.165, 1.54) is 12.1 Å². The first-order valence-corrected chi connectivity index (χ1v) is 10.3. The molecule has 2 atom stereocenters. The van der Waals surface area contributed by atoms with Gasteiger partial charge >= 0.3 is 0 Å². The summed E-state index contributed by atoms with van der Waals surface area (Å²) < 4.78 is 44.9. The van der Waals surface area contributed by atoms with Crippen LogP contribution >= 0.6 is 0 Å². The van der Waals surface area contributed by atoms with Gasteiger partial charge in [-0.3, -0.25) is 0 Å². The van der Waals surface area contributed by atoms with E-state index >= 15 is 0 Å². The zero-order valence-electron chi connectivity index (χ0n) is 12.3. The molecule has 0 radical (unpaired) electrons. The fourth-order valence-corrected chi connectivity index (χ4v) is 3.54. The Bertz CT molecular complexity index is 665. The van der Waals surface area contributed by atoms with Crippen molar-refractivity contribution in [1.29, 1.82) is 0 Å². The van der Waals surface area contributed by atoms with E-state index in [0.717, 1.165) is 12.5 Å². The van der Waals surface area contributed by atoms with Crippen LogP contribution in [0.1, 0.15) is 18.6 Å². The van der Waals surface area contributed by atoms with Crippen molar-refractivity contribution in [3.63, 3.8) is 0 Å². The third-order valence-electron chi connectivity index (χ3n) is 2.91. The fraction of sp³-hybridized carbons (Fsp3) is 0.538. The summed E-state index contributed by atoms with van der Waals surface area (Å²) in [5.74, 6) is -0.00721. The molecule has 1 aromatic carbocycles. The summed E-state index contributed by atoms with van der Waals surface area (Å²) in [5.41, 5.74) is 0.571. The first-order chi connectivity index (χ1) is 9.49. The molecule has 0 amide bonds. The number of aliphatic hydroxyl groups is 1. The quantitative estimate of drug-likeness (QED) is 0.735. The Kier molecular flexibility index (Phi) is 5.92. The SMILES string of the molecule is CC(CS(C)(=O)=O)NCC(O)c1ccc(S(C)(=O)=O)cc1. The smallest absolute Gasteiger partial charge is 0.175 e. The molecule has 1 aromatic rings. The van der Waals surface area contributed by atoms with Crippen LogP contribution in [0.25, 0.3) is 0 Å². The summed E-state index contributed by atoms with van der Waals surface area (Å²) in [6, 6.07) is 5.69. The zero-order valence-corrected chi connectivity index (χ0v) is 13.9. The highest BCUT2D eigenvalue weighted by molar-refractivity contribution is 7.91. The van der Waals surface area contributed by atoms with Crippen molar-refractivity contribution >= 4 is 19.7 Å². The molecule has 0 bridgehead atoms. The second-order valence-corrected chi connectivity index (χ2v) is 9.46. The lowest BCUT2D eigenvalue weighted by Crippen LogP contribution is -2.35. The summed E-state index contributed by atoms with van der Waals surface area (Å²) in [6.45, 7) is 1.91. The summed E-state index contributed by atoms with van der Waals surface area (Å²) in [5, 5.41) is 12.9. The molecular weight excluding hydrogens is 314 g/mol. The van der Waals surface area contributed by atoms with E-state index in [-0.39, 0.29) is 23.2 Å². The standard InChI is InChI=1S/C13H21NO5S2/c1-10(9-20(2,16)17)14-8-13(15)11-4-6-12(7-5-11)21(3,18)19/h4-7,10,13-15H,8-9H2,1-3H3. The zero-order chi connectivity index (χ0) is 16.3. The molecule has 21 heavy (non-hydrogen) atoms. The molecule has 0 aromatic heterocycles. The minimum atomic E-state index is -3.26. The van der Waals surface area contributed by atoms with Gasteiger partial charge in [0.2, 0.25) is 0 Å². The number of nitrogens with one attached hydrogen (secondary N) is 1. The van der Waals surface area contributed by atoms with E-state index in [1.807, 2.05) is 0 Å². The molecule has 0 aliphatic heterocycles. The van der Waals surface area contributed by atoms with Gasteiger partial charge in [-0.15, -0.1) is 0 Å². The average Bonchev–Trinajstić information content (AvgIpc) is 2.33. The van der Waals surface area contributed by atoms with Gasteiger partial charge in [0, 0.05) is 25.1 Å². The Morgan fingerprint density at radius 3 is 2.05 bits per heavy atom. The van der Waals surface area contributed by atoms with Gasteiger partial charge in [-0.2, -0.15) is 0 Å². The average molecular weight is 335 g/mol. The van der Waals surface area contributed by atoms with Crippen molar-refractivity contribution < 1.29 is 21.9 Å². The van der Waals surface area contributed by atoms with Crippen LogP contribution in [0.4, 0.5) is 0 Å². The van der Waals surface area contributed by atoms with Gasteiger partial charge in [0.25, 0.3) is 0 Å². The number of sulfone groups is 2. The summed E-state index contributed by atoms with van der Waals surface area (Å²) in [6.07, 6.45) is 1.44. The van der Waals surface area contributed by atoms with E-state index in [0.29, 0.717) is 5.56 Å². The molecule has 0 heterocycles. The maximum absolute atomic E-state index is 11.3. The highest BCUT2D eigenvalue weighted by atomic mass is 32.2. The van der Waals surface area contributed by atoms with Gasteiger partial charge in [-0.25, -0.2) is 16.8 Å². The van der Waals surface area contributed by atoms with E-state index in [1.54, 1.807) is 19.1 Å². The normalized spacial score (nSPS) is 15.6. The van der Waals surface area contributed by atoms with Gasteiger partial charge < -0.3 is 10.4 Å². The predicted molar refractivity (Wildman–Crippen MR) is 81.7 cm³/mol. The lowest BCUT2D eigenvalue weighted by Gasteiger charge is -2.17. The minimum absolute atomic E-state index is 0.00721. The van der Waals surface area contributed by atoms with Crippen LogP contribution in [0.15, 0.2) is 29.2 Å². The molecule has 2 unspecified atom stereocenters. The third-order valence-corrected chi connectivity index (χ3v) is 5.14. The van der Waals surface area contributed by atoms with Crippen LogP contribution in [0.2, 0.25) is 0 Å². The van der Waals surface area contributed by atoms with Crippen molar-refractivity contribution in [2.45, 2.75) is 24.0 Å². The number of rotatable bonds is 7. The maximum atomic E-state index is 11.3. The summed E-state index contributed by atoms with van der Waals surface area (Å²) in [4.78, 5) is 0.192. The van der Waals surface area contributed by atoms with Crippen molar-refractivity contribution in [2.75, 3.05) is 24.8 Å². The molecule has 0 fully saturated rings. The van der Waals surface area contributed by atoms with E-state index < -0.39 is 25.8 Å². The molecule has 8 heteroatoms. The van der Waals surface area contributed by atoms with Crippen molar-refractivity contribution in [2.24, 2.45) is 0 Å². The van der Waals surface area contributed by atoms with Gasteiger partial charge in [0.15, 0.2) is 9.84 Å². The first-order valence-electron chi connectivity index (χ1n) is 6.38. The molecule has 0 aliphatic rings. The largest absolute Gasteiger partial charge is 0.387 e. The molecule has 0 saturated heterocycles. The molecule has 2 N–H and O–H groups in total. The molecule has 0 spiro atoms. The Morgan fingerprint density at radius 1 is 1.10 bits per heavy atom. The second-order valence-electron chi connectivity index (χ2n) is 5.26. The van der Waals surface area contributed by atoms with E-state index in [9.17, 15) is 21.9 Å². The third kappa shape index (κ3) is 6.56. The molecular formula is C13H21NO5S2. The van der Waals surface area contributed by atoms with Crippen LogP contribution < -0.4 is 5.32 Å². The second kappa shape index (κ2) is 6.87. The molecule has 120 valence electrons.